The first-order valence-corrected chi connectivity index (χ1v) is 36.9. The van der Waals surface area contributed by atoms with Crippen molar-refractivity contribution in [2.75, 3.05) is 33.0 Å². The van der Waals surface area contributed by atoms with Gasteiger partial charge in [0.05, 0.1) is 56.8 Å². The number of aliphatic hydroxyl groups is 19. The molecule has 34 heteroatoms. The maximum absolute atomic E-state index is 15.4. The van der Waals surface area contributed by atoms with Gasteiger partial charge in [-0.1, -0.05) is 60.1 Å². The number of esters is 1. The largest absolute Gasteiger partial charge is 0.432 e. The van der Waals surface area contributed by atoms with Crippen molar-refractivity contribution in [1.29, 1.82) is 0 Å². The van der Waals surface area contributed by atoms with Crippen molar-refractivity contribution in [3.05, 3.63) is 11.6 Å². The third-order valence-corrected chi connectivity index (χ3v) is 26.9. The SMILES string of the molecule is CC1OC(OC2C(CO)OC(OCC3OC(OC(=O)[C@]45CCC(C)(C)C[C@H]4C4=CC[C@@H]6[C@@]7(C)CC[C@H](OC8OCC(O)C(O)C8OC8OC(C)C(O)C(OC9OCC(OC%10OC(CO)C(O)C(O)C%10O)C(O)C9O)[C@H]8O)C(C)(C)[C@@H]7CC[C@@]6(C)[C@]4(C)CC5)C(O)C(O)C3O)C(O)C2O)C(O)C(O)C1O. The van der Waals surface area contributed by atoms with Gasteiger partial charge in [0.25, 0.3) is 0 Å². The Morgan fingerprint density at radius 3 is 1.68 bits per heavy atom. The molecule has 7 aliphatic heterocycles. The molecule has 7 saturated heterocycles. The van der Waals surface area contributed by atoms with Crippen molar-refractivity contribution in [2.24, 2.45) is 50.2 Å². The van der Waals surface area contributed by atoms with E-state index in [2.05, 4.69) is 54.5 Å². The first-order chi connectivity index (χ1) is 48.8. The molecule has 32 unspecified atom stereocenters. The number of hydrogen-bond acceptors (Lipinski definition) is 34. The second kappa shape index (κ2) is 30.8. The van der Waals surface area contributed by atoms with E-state index in [1.807, 2.05) is 0 Å². The molecule has 0 aromatic heterocycles. The fourth-order valence-electron chi connectivity index (χ4n) is 20.2. The summed E-state index contributed by atoms with van der Waals surface area (Å²) in [6.45, 7) is 15.6. The van der Waals surface area contributed by atoms with Crippen LogP contribution in [-0.2, 0) is 71.1 Å². The van der Waals surface area contributed by atoms with E-state index >= 15 is 4.79 Å². The minimum Gasteiger partial charge on any atom is -0.432 e. The molecule has 5 aliphatic carbocycles. The van der Waals surface area contributed by atoms with Crippen molar-refractivity contribution in [2.45, 2.75) is 335 Å². The lowest BCUT2D eigenvalue weighted by Crippen LogP contribution is -2.66. The van der Waals surface area contributed by atoms with Crippen molar-refractivity contribution in [1.82, 2.24) is 0 Å². The van der Waals surface area contributed by atoms with Gasteiger partial charge in [-0.05, 0) is 123 Å². The molecule has 41 atom stereocenters. The van der Waals surface area contributed by atoms with Crippen LogP contribution in [0.1, 0.15) is 127 Å². The molecule has 7 heterocycles. The summed E-state index contributed by atoms with van der Waals surface area (Å²) in [5.41, 5.74) is -1.63. The monoisotopic (exact) mass is 1500 g/mol. The molecule has 0 aromatic rings. The Labute approximate surface area is 602 Å². The molecule has 12 rings (SSSR count). The third kappa shape index (κ3) is 14.3. The highest BCUT2D eigenvalue weighted by atomic mass is 16.8. The quantitative estimate of drug-likeness (QED) is 0.0368. The lowest BCUT2D eigenvalue weighted by molar-refractivity contribution is -0.382. The smallest absolute Gasteiger partial charge is 0.315 e. The maximum Gasteiger partial charge on any atom is 0.315 e. The molecule has 104 heavy (non-hydrogen) atoms. The average molecular weight is 1500 g/mol. The van der Waals surface area contributed by atoms with Gasteiger partial charge in [0, 0.05) is 0 Å². The summed E-state index contributed by atoms with van der Waals surface area (Å²) in [4.78, 5) is 15.4. The molecule has 598 valence electrons. The fraction of sp³-hybridized carbons (Fsp3) is 0.957. The van der Waals surface area contributed by atoms with Gasteiger partial charge in [-0.3, -0.25) is 4.79 Å². The average Bonchev–Trinajstić information content (AvgIpc) is 0.674. The lowest BCUT2D eigenvalue weighted by Gasteiger charge is -2.71. The van der Waals surface area contributed by atoms with Crippen LogP contribution < -0.4 is 0 Å². The van der Waals surface area contributed by atoms with Gasteiger partial charge in [-0.25, -0.2) is 0 Å². The molecule has 4 saturated carbocycles. The third-order valence-electron chi connectivity index (χ3n) is 26.9. The van der Waals surface area contributed by atoms with Crippen LogP contribution >= 0.6 is 0 Å². The summed E-state index contributed by atoms with van der Waals surface area (Å²) in [5.74, 6) is -0.720. The number of aliphatic hydroxyl groups excluding tert-OH is 19. The predicted molar refractivity (Wildman–Crippen MR) is 346 cm³/mol. The summed E-state index contributed by atoms with van der Waals surface area (Å²) >= 11 is 0. The summed E-state index contributed by atoms with van der Waals surface area (Å²) in [6.07, 6.45) is -45.9. The van der Waals surface area contributed by atoms with E-state index in [1.165, 1.54) is 19.4 Å². The van der Waals surface area contributed by atoms with Crippen LogP contribution in [0.5, 0.6) is 0 Å². The molecule has 0 amide bonds. The number of carbonyl (C=O) groups is 1. The number of hydrogen-bond donors (Lipinski definition) is 19. The zero-order chi connectivity index (χ0) is 75.7. The van der Waals surface area contributed by atoms with Crippen LogP contribution in [0.25, 0.3) is 0 Å². The van der Waals surface area contributed by atoms with E-state index in [0.29, 0.717) is 44.9 Å². The normalized spacial score (nSPS) is 54.7. The molecule has 0 radical (unpaired) electrons. The minimum atomic E-state index is -1.92. The summed E-state index contributed by atoms with van der Waals surface area (Å²) in [5, 5.41) is 207. The first-order valence-electron chi connectivity index (χ1n) is 36.9. The van der Waals surface area contributed by atoms with Crippen LogP contribution in [0, 0.1) is 50.2 Å². The molecule has 11 fully saturated rings. The zero-order valence-corrected chi connectivity index (χ0v) is 60.2. The van der Waals surface area contributed by atoms with Gasteiger partial charge in [-0.2, -0.15) is 0 Å². The lowest BCUT2D eigenvalue weighted by atomic mass is 9.33. The highest BCUT2D eigenvalue weighted by Crippen LogP contribution is 2.76. The van der Waals surface area contributed by atoms with Crippen molar-refractivity contribution < 1.29 is 168 Å². The second-order valence-electron chi connectivity index (χ2n) is 33.8. The highest BCUT2D eigenvalue weighted by Gasteiger charge is 2.71. The standard InChI is InChI=1S/C70H114O34/c1-26-38(74)44(80)49(85)59(94-26)101-54-32(22-72)97-57(52(88)47(54)83)92-24-33-42(78)46(82)51(87)61(99-33)104-64(90)70-18-16-65(3,4)20-29(70)28-10-11-36-67(7)14-13-37(66(5,6)35(67)12-15-69(36,9)68(28,8)17-19-70)100-63-56(40(76)30(73)23-91-63)103-62-53(89)55(39(75)27(2)95-62)102-58-48(84)43(79)34(25-93-58)98-60-50(86)45(81)41(77)31(21-71)96-60/h10,26-27,29-63,71-89H,11-25H2,1-9H3/t26?,27?,29-,30?,31?,32?,33?,34?,35-,36+,37-,38?,39?,40?,41?,42?,43?,44?,45?,46?,47?,48?,49?,50?,51?,52?,53+,54?,55?,56?,57?,58?,59?,60?,61?,62?,63?,67-,68+,69+,70-/m0/s1. The van der Waals surface area contributed by atoms with Gasteiger partial charge < -0.3 is 163 Å². The Hall–Kier alpha value is -2.07. The minimum absolute atomic E-state index is 0.0702. The van der Waals surface area contributed by atoms with Crippen LogP contribution in [0.3, 0.4) is 0 Å². The van der Waals surface area contributed by atoms with E-state index in [1.54, 1.807) is 0 Å². The highest BCUT2D eigenvalue weighted by molar-refractivity contribution is 5.79. The van der Waals surface area contributed by atoms with E-state index in [9.17, 15) is 97.0 Å². The molecule has 34 nitrogen and oxygen atoms in total. The van der Waals surface area contributed by atoms with Gasteiger partial charge >= 0.3 is 5.97 Å². The van der Waals surface area contributed by atoms with Gasteiger partial charge in [0.15, 0.2) is 37.7 Å². The topological polar surface area (TPSA) is 531 Å². The van der Waals surface area contributed by atoms with Crippen LogP contribution in [0.15, 0.2) is 11.6 Å². The van der Waals surface area contributed by atoms with Crippen molar-refractivity contribution in [3.8, 4) is 0 Å². The number of rotatable bonds is 17. The van der Waals surface area contributed by atoms with Gasteiger partial charge in [0.1, 0.15) is 146 Å². The summed E-state index contributed by atoms with van der Waals surface area (Å²) in [6, 6.07) is 0. The van der Waals surface area contributed by atoms with Gasteiger partial charge in [0.2, 0.25) is 6.29 Å². The van der Waals surface area contributed by atoms with Crippen LogP contribution in [0.2, 0.25) is 0 Å². The van der Waals surface area contributed by atoms with E-state index in [4.69, 9.17) is 66.3 Å². The number of fused-ring (bicyclic) bond motifs is 7. The summed E-state index contributed by atoms with van der Waals surface area (Å²) < 4.78 is 83.2. The van der Waals surface area contributed by atoms with Gasteiger partial charge in [-0.15, -0.1) is 0 Å². The Balaban J connectivity index is 0.696. The summed E-state index contributed by atoms with van der Waals surface area (Å²) in [7, 11) is 0. The molecular formula is C70H114O34. The Bertz CT molecular complexity index is 2950. The first kappa shape index (κ1) is 81.4. The molecule has 0 bridgehead atoms. The number of carbonyl (C=O) groups excluding carboxylic acids is 1. The molecule has 0 spiro atoms. The Morgan fingerprint density at radius 2 is 1.01 bits per heavy atom. The van der Waals surface area contributed by atoms with Crippen molar-refractivity contribution in [3.63, 3.8) is 0 Å². The van der Waals surface area contributed by atoms with Crippen LogP contribution in [-0.4, -0.2) is 345 Å². The van der Waals surface area contributed by atoms with Crippen molar-refractivity contribution >= 4 is 5.97 Å². The predicted octanol–water partition coefficient (Wildman–Crippen LogP) is -5.23. The molecular weight excluding hydrogens is 1380 g/mol. The molecule has 0 aromatic carbocycles. The fourth-order valence-corrected chi connectivity index (χ4v) is 20.2. The van der Waals surface area contributed by atoms with E-state index < -0.39 is 257 Å². The second-order valence-corrected chi connectivity index (χ2v) is 33.8. The van der Waals surface area contributed by atoms with E-state index in [-0.39, 0.29) is 40.6 Å². The molecule has 12 aliphatic rings. The maximum atomic E-state index is 15.4. The zero-order valence-electron chi connectivity index (χ0n) is 60.2. The Morgan fingerprint density at radius 1 is 0.462 bits per heavy atom. The number of allylic oxidation sites excluding steroid dienone is 2. The van der Waals surface area contributed by atoms with E-state index in [0.717, 1.165) is 19.3 Å². The number of ether oxygens (including phenoxy) is 14. The van der Waals surface area contributed by atoms with Crippen LogP contribution in [0.4, 0.5) is 0 Å². The molecule has 19 N–H and O–H groups in total. The Kier molecular flexibility index (Phi) is 24.1.